The summed E-state index contributed by atoms with van der Waals surface area (Å²) in [6.45, 7) is 0. The Morgan fingerprint density at radius 3 is 2.58 bits per heavy atom. The number of carbonyl (C=O) groups is 1. The predicted molar refractivity (Wildman–Crippen MR) is 80.0 cm³/mol. The zero-order valence-electron chi connectivity index (χ0n) is 10.5. The molecule has 0 saturated carbocycles. The van der Waals surface area contributed by atoms with E-state index in [9.17, 15) is 4.79 Å². The maximum absolute atomic E-state index is 12.1. The van der Waals surface area contributed by atoms with E-state index in [2.05, 4.69) is 21.2 Å². The number of amides is 1. The molecule has 0 saturated heterocycles. The van der Waals surface area contributed by atoms with Gasteiger partial charge in [-0.15, -0.1) is 0 Å². The lowest BCUT2D eigenvalue weighted by Crippen LogP contribution is -2.11. The number of nitrogens with one attached hydrogen (secondary N) is 1. The third-order valence-electron chi connectivity index (χ3n) is 2.70. The van der Waals surface area contributed by atoms with Crippen LogP contribution in [-0.2, 0) is 5.33 Å². The lowest BCUT2D eigenvalue weighted by Gasteiger charge is -2.07. The number of hydrogen-bond donors (Lipinski definition) is 1. The van der Waals surface area contributed by atoms with Crippen LogP contribution in [0.5, 0.6) is 5.75 Å². The van der Waals surface area contributed by atoms with Gasteiger partial charge in [-0.25, -0.2) is 0 Å². The Morgan fingerprint density at radius 1 is 1.21 bits per heavy atom. The molecule has 0 fully saturated rings. The maximum atomic E-state index is 12.1. The molecule has 0 aliphatic rings. The molecule has 19 heavy (non-hydrogen) atoms. The van der Waals surface area contributed by atoms with E-state index in [1.165, 1.54) is 5.56 Å². The molecule has 98 valence electrons. The summed E-state index contributed by atoms with van der Waals surface area (Å²) in [7, 11) is 1.58. The molecule has 0 aliphatic carbocycles. The van der Waals surface area contributed by atoms with Crippen molar-refractivity contribution in [3.8, 4) is 5.75 Å². The normalized spacial score (nSPS) is 10.0. The summed E-state index contributed by atoms with van der Waals surface area (Å²) in [5, 5.41) is 3.65. The van der Waals surface area contributed by atoms with Gasteiger partial charge in [0.05, 0.1) is 7.11 Å². The van der Waals surface area contributed by atoms with E-state index in [4.69, 9.17) is 4.74 Å². The molecule has 0 bridgehead atoms. The Morgan fingerprint density at radius 2 is 1.95 bits per heavy atom. The molecular weight excluding hydrogens is 306 g/mol. The van der Waals surface area contributed by atoms with Crippen molar-refractivity contribution in [2.75, 3.05) is 12.4 Å². The van der Waals surface area contributed by atoms with E-state index in [1.54, 1.807) is 25.3 Å². The topological polar surface area (TPSA) is 38.3 Å². The highest BCUT2D eigenvalue weighted by atomic mass is 79.9. The fourth-order valence-electron chi connectivity index (χ4n) is 1.64. The third kappa shape index (κ3) is 3.58. The molecule has 0 aliphatic heterocycles. The summed E-state index contributed by atoms with van der Waals surface area (Å²) in [4.78, 5) is 12.1. The third-order valence-corrected chi connectivity index (χ3v) is 3.35. The summed E-state index contributed by atoms with van der Waals surface area (Å²) >= 11 is 3.38. The quantitative estimate of drug-likeness (QED) is 0.869. The number of alkyl halides is 1. The summed E-state index contributed by atoms with van der Waals surface area (Å²) in [6, 6.07) is 14.8. The van der Waals surface area contributed by atoms with Crippen LogP contribution in [0.1, 0.15) is 15.9 Å². The molecule has 0 aromatic heterocycles. The number of rotatable bonds is 4. The SMILES string of the molecule is COc1cccc(C(=O)Nc2ccc(CBr)cc2)c1. The number of ether oxygens (including phenoxy) is 1. The van der Waals surface area contributed by atoms with E-state index >= 15 is 0 Å². The van der Waals surface area contributed by atoms with Crippen molar-refractivity contribution < 1.29 is 9.53 Å². The lowest BCUT2D eigenvalue weighted by atomic mass is 10.2. The number of carbonyl (C=O) groups excluding carboxylic acids is 1. The number of methoxy groups -OCH3 is 1. The van der Waals surface area contributed by atoms with Crippen molar-refractivity contribution in [2.24, 2.45) is 0 Å². The molecule has 0 radical (unpaired) electrons. The summed E-state index contributed by atoms with van der Waals surface area (Å²) in [5.41, 5.74) is 2.51. The van der Waals surface area contributed by atoms with Crippen LogP contribution in [-0.4, -0.2) is 13.0 Å². The van der Waals surface area contributed by atoms with Gasteiger partial charge in [0.2, 0.25) is 0 Å². The van der Waals surface area contributed by atoms with Crippen LogP contribution in [0.15, 0.2) is 48.5 Å². The van der Waals surface area contributed by atoms with Gasteiger partial charge in [-0.2, -0.15) is 0 Å². The monoisotopic (exact) mass is 319 g/mol. The minimum Gasteiger partial charge on any atom is -0.497 e. The molecule has 0 heterocycles. The van der Waals surface area contributed by atoms with Crippen LogP contribution >= 0.6 is 15.9 Å². The van der Waals surface area contributed by atoms with Crippen LogP contribution in [0.4, 0.5) is 5.69 Å². The van der Waals surface area contributed by atoms with E-state index in [1.807, 2.05) is 30.3 Å². The van der Waals surface area contributed by atoms with Crippen molar-refractivity contribution in [1.82, 2.24) is 0 Å². The number of benzene rings is 2. The van der Waals surface area contributed by atoms with Gasteiger partial charge >= 0.3 is 0 Å². The minimum atomic E-state index is -0.148. The Hall–Kier alpha value is -1.81. The standard InChI is InChI=1S/C15H14BrNO2/c1-19-14-4-2-3-12(9-14)15(18)17-13-7-5-11(10-16)6-8-13/h2-9H,10H2,1H3,(H,17,18). The van der Waals surface area contributed by atoms with Crippen LogP contribution in [0.3, 0.4) is 0 Å². The second-order valence-corrected chi connectivity index (χ2v) is 4.58. The highest BCUT2D eigenvalue weighted by Gasteiger charge is 2.06. The van der Waals surface area contributed by atoms with Crippen LogP contribution < -0.4 is 10.1 Å². The lowest BCUT2D eigenvalue weighted by molar-refractivity contribution is 0.102. The predicted octanol–water partition coefficient (Wildman–Crippen LogP) is 3.84. The van der Waals surface area contributed by atoms with Gasteiger partial charge in [0.25, 0.3) is 5.91 Å². The van der Waals surface area contributed by atoms with Crippen molar-refractivity contribution in [3.05, 3.63) is 59.7 Å². The van der Waals surface area contributed by atoms with Crippen molar-refractivity contribution in [2.45, 2.75) is 5.33 Å². The summed E-state index contributed by atoms with van der Waals surface area (Å²) < 4.78 is 5.10. The molecule has 3 nitrogen and oxygen atoms in total. The second-order valence-electron chi connectivity index (χ2n) is 4.02. The van der Waals surface area contributed by atoms with Crippen molar-refractivity contribution in [1.29, 1.82) is 0 Å². The molecule has 1 amide bonds. The van der Waals surface area contributed by atoms with Gasteiger partial charge in [-0.3, -0.25) is 4.79 Å². The van der Waals surface area contributed by atoms with E-state index in [0.29, 0.717) is 11.3 Å². The Labute approximate surface area is 120 Å². The molecule has 1 N–H and O–H groups in total. The highest BCUT2D eigenvalue weighted by Crippen LogP contribution is 2.16. The fraction of sp³-hybridized carbons (Fsp3) is 0.133. The Balaban J connectivity index is 2.11. The first-order valence-electron chi connectivity index (χ1n) is 5.83. The molecule has 0 atom stereocenters. The summed E-state index contributed by atoms with van der Waals surface area (Å²) in [6.07, 6.45) is 0. The molecule has 2 aromatic rings. The average Bonchev–Trinajstić information content (AvgIpc) is 2.48. The smallest absolute Gasteiger partial charge is 0.255 e. The molecule has 4 heteroatoms. The molecule has 0 spiro atoms. The molecule has 2 aromatic carbocycles. The minimum absolute atomic E-state index is 0.148. The van der Waals surface area contributed by atoms with Crippen LogP contribution in [0.25, 0.3) is 0 Å². The zero-order chi connectivity index (χ0) is 13.7. The summed E-state index contributed by atoms with van der Waals surface area (Å²) in [5.74, 6) is 0.521. The van der Waals surface area contributed by atoms with Gasteiger partial charge in [-0.1, -0.05) is 34.1 Å². The first kappa shape index (κ1) is 13.6. The number of hydrogen-bond acceptors (Lipinski definition) is 2. The van der Waals surface area contributed by atoms with Crippen molar-refractivity contribution >= 4 is 27.5 Å². The first-order valence-corrected chi connectivity index (χ1v) is 6.95. The molecule has 0 unspecified atom stereocenters. The van der Waals surface area contributed by atoms with E-state index < -0.39 is 0 Å². The van der Waals surface area contributed by atoms with Gasteiger partial charge in [0.1, 0.15) is 5.75 Å². The van der Waals surface area contributed by atoms with Crippen molar-refractivity contribution in [3.63, 3.8) is 0 Å². The molecular formula is C15H14BrNO2. The van der Waals surface area contributed by atoms with Crippen LogP contribution in [0, 0.1) is 0 Å². The largest absolute Gasteiger partial charge is 0.497 e. The number of anilines is 1. The zero-order valence-corrected chi connectivity index (χ0v) is 12.1. The molecule has 2 rings (SSSR count). The highest BCUT2D eigenvalue weighted by molar-refractivity contribution is 9.08. The number of halogens is 1. The Kier molecular flexibility index (Phi) is 4.58. The Bertz CT molecular complexity index is 567. The first-order chi connectivity index (χ1) is 9.22. The fourth-order valence-corrected chi connectivity index (χ4v) is 2.02. The van der Waals surface area contributed by atoms with Gasteiger partial charge < -0.3 is 10.1 Å². The van der Waals surface area contributed by atoms with Gasteiger partial charge in [-0.05, 0) is 35.9 Å². The van der Waals surface area contributed by atoms with E-state index in [0.717, 1.165) is 11.0 Å². The second kappa shape index (κ2) is 6.38. The van der Waals surface area contributed by atoms with Crippen LogP contribution in [0.2, 0.25) is 0 Å². The maximum Gasteiger partial charge on any atom is 0.255 e. The average molecular weight is 320 g/mol. The van der Waals surface area contributed by atoms with E-state index in [-0.39, 0.29) is 5.91 Å². The van der Waals surface area contributed by atoms with Gasteiger partial charge in [0.15, 0.2) is 0 Å². The van der Waals surface area contributed by atoms with Gasteiger partial charge in [0, 0.05) is 16.6 Å².